The van der Waals surface area contributed by atoms with E-state index in [0.29, 0.717) is 0 Å². The predicted molar refractivity (Wildman–Crippen MR) is 71.6 cm³/mol. The molecule has 0 unspecified atom stereocenters. The molecule has 17 heavy (non-hydrogen) atoms. The van der Waals surface area contributed by atoms with E-state index in [2.05, 4.69) is 0 Å². The Kier molecular flexibility index (Phi) is 3.73. The fourth-order valence-corrected chi connectivity index (χ4v) is 2.14. The number of benzene rings is 1. The number of aldehydes is 1. The van der Waals surface area contributed by atoms with Gasteiger partial charge in [-0.3, -0.25) is 4.79 Å². The van der Waals surface area contributed by atoms with Gasteiger partial charge in [0.25, 0.3) is 0 Å². The summed E-state index contributed by atoms with van der Waals surface area (Å²) in [5.74, 6) is 0.849. The van der Waals surface area contributed by atoms with Crippen molar-refractivity contribution in [2.75, 3.05) is 7.11 Å². The van der Waals surface area contributed by atoms with Crippen LogP contribution in [0.4, 0.5) is 0 Å². The molecule has 86 valence electrons. The summed E-state index contributed by atoms with van der Waals surface area (Å²) in [6.45, 7) is 0. The van der Waals surface area contributed by atoms with Gasteiger partial charge < -0.3 is 4.74 Å². The zero-order valence-electron chi connectivity index (χ0n) is 9.42. The van der Waals surface area contributed by atoms with E-state index < -0.39 is 0 Å². The molecular formula is C14H12O2S. The smallest absolute Gasteiger partial charge is 0.160 e. The average molecular weight is 244 g/mol. The van der Waals surface area contributed by atoms with E-state index in [4.69, 9.17) is 4.74 Å². The topological polar surface area (TPSA) is 26.3 Å². The van der Waals surface area contributed by atoms with Crippen molar-refractivity contribution in [1.29, 1.82) is 0 Å². The van der Waals surface area contributed by atoms with Gasteiger partial charge in [0, 0.05) is 4.88 Å². The van der Waals surface area contributed by atoms with Crippen molar-refractivity contribution in [3.63, 3.8) is 0 Å². The van der Waals surface area contributed by atoms with Crippen molar-refractivity contribution in [3.8, 4) is 5.75 Å². The second-order valence-electron chi connectivity index (χ2n) is 3.46. The Hall–Kier alpha value is -1.87. The molecule has 2 aromatic rings. The molecule has 1 aromatic heterocycles. The van der Waals surface area contributed by atoms with Gasteiger partial charge >= 0.3 is 0 Å². The zero-order valence-corrected chi connectivity index (χ0v) is 10.2. The van der Waals surface area contributed by atoms with Crippen molar-refractivity contribution in [2.24, 2.45) is 0 Å². The first kappa shape index (κ1) is 11.6. The first-order valence-electron chi connectivity index (χ1n) is 5.19. The van der Waals surface area contributed by atoms with Gasteiger partial charge in [-0.1, -0.05) is 18.2 Å². The monoisotopic (exact) mass is 244 g/mol. The molecule has 0 amide bonds. The van der Waals surface area contributed by atoms with Crippen LogP contribution in [0.2, 0.25) is 0 Å². The summed E-state index contributed by atoms with van der Waals surface area (Å²) in [7, 11) is 1.65. The Balaban J connectivity index is 2.11. The van der Waals surface area contributed by atoms with E-state index in [1.165, 1.54) is 11.3 Å². The molecular weight excluding hydrogens is 232 g/mol. The van der Waals surface area contributed by atoms with Crippen LogP contribution in [0.25, 0.3) is 12.2 Å². The first-order chi connectivity index (χ1) is 8.31. The highest BCUT2D eigenvalue weighted by atomic mass is 32.1. The van der Waals surface area contributed by atoms with Crippen LogP contribution >= 0.6 is 11.3 Å². The van der Waals surface area contributed by atoms with Gasteiger partial charge in [0.15, 0.2) is 6.29 Å². The number of methoxy groups -OCH3 is 1. The molecule has 0 spiro atoms. The number of rotatable bonds is 4. The summed E-state index contributed by atoms with van der Waals surface area (Å²) < 4.78 is 5.09. The second-order valence-corrected chi connectivity index (χ2v) is 4.61. The summed E-state index contributed by atoms with van der Waals surface area (Å²) in [6.07, 6.45) is 4.88. The number of carbonyl (C=O) groups excluding carboxylic acids is 1. The minimum Gasteiger partial charge on any atom is -0.497 e. The van der Waals surface area contributed by atoms with Crippen LogP contribution in [0.1, 0.15) is 20.1 Å². The molecule has 0 saturated carbocycles. The van der Waals surface area contributed by atoms with E-state index in [9.17, 15) is 4.79 Å². The molecule has 2 rings (SSSR count). The van der Waals surface area contributed by atoms with Crippen LogP contribution < -0.4 is 4.74 Å². The van der Waals surface area contributed by atoms with Crippen molar-refractivity contribution in [3.05, 3.63) is 51.7 Å². The minimum absolute atomic E-state index is 0.749. The zero-order chi connectivity index (χ0) is 12.1. The fraction of sp³-hybridized carbons (Fsp3) is 0.0714. The summed E-state index contributed by atoms with van der Waals surface area (Å²) in [5.41, 5.74) is 1.10. The molecule has 3 heteroatoms. The summed E-state index contributed by atoms with van der Waals surface area (Å²) >= 11 is 1.48. The number of hydrogen-bond donors (Lipinski definition) is 0. The van der Waals surface area contributed by atoms with E-state index in [0.717, 1.165) is 27.4 Å². The predicted octanol–water partition coefficient (Wildman–Crippen LogP) is 3.74. The normalized spacial score (nSPS) is 10.6. The lowest BCUT2D eigenvalue weighted by Crippen LogP contribution is -1.81. The van der Waals surface area contributed by atoms with Crippen molar-refractivity contribution in [1.82, 2.24) is 0 Å². The molecule has 0 aliphatic rings. The van der Waals surface area contributed by atoms with Crippen molar-refractivity contribution in [2.45, 2.75) is 0 Å². The maximum Gasteiger partial charge on any atom is 0.160 e. The van der Waals surface area contributed by atoms with Gasteiger partial charge in [0.2, 0.25) is 0 Å². The molecule has 0 bridgehead atoms. The van der Waals surface area contributed by atoms with Gasteiger partial charge in [0.05, 0.1) is 12.0 Å². The molecule has 0 N–H and O–H groups in total. The largest absolute Gasteiger partial charge is 0.497 e. The van der Waals surface area contributed by atoms with Gasteiger partial charge in [-0.25, -0.2) is 0 Å². The Labute approximate surface area is 104 Å². The average Bonchev–Trinajstić information content (AvgIpc) is 2.85. The van der Waals surface area contributed by atoms with E-state index in [1.807, 2.05) is 48.6 Å². The van der Waals surface area contributed by atoms with Gasteiger partial charge in [0.1, 0.15) is 5.75 Å². The Morgan fingerprint density at radius 3 is 2.29 bits per heavy atom. The Bertz CT molecular complexity index is 523. The Morgan fingerprint density at radius 1 is 1.00 bits per heavy atom. The standard InChI is InChI=1S/C14H12O2S/c1-16-12-5-2-11(3-6-12)4-7-13-8-9-14(10-15)17-13/h2-10H,1H3/b7-4+. The number of thiophene rings is 1. The molecule has 1 heterocycles. The maximum absolute atomic E-state index is 10.5. The maximum atomic E-state index is 10.5. The minimum atomic E-state index is 0.749. The highest BCUT2D eigenvalue weighted by molar-refractivity contribution is 7.14. The number of hydrogen-bond acceptors (Lipinski definition) is 3. The summed E-state index contributed by atoms with van der Waals surface area (Å²) in [6, 6.07) is 11.6. The van der Waals surface area contributed by atoms with E-state index >= 15 is 0 Å². The van der Waals surface area contributed by atoms with Crippen LogP contribution in [0.5, 0.6) is 5.75 Å². The second kappa shape index (κ2) is 5.46. The highest BCUT2D eigenvalue weighted by Crippen LogP contribution is 2.18. The molecule has 1 aromatic carbocycles. The lowest BCUT2D eigenvalue weighted by molar-refractivity contribution is 0.112. The number of carbonyl (C=O) groups is 1. The third-order valence-corrected chi connectivity index (χ3v) is 3.30. The van der Waals surface area contributed by atoms with Crippen LogP contribution in [0.3, 0.4) is 0 Å². The van der Waals surface area contributed by atoms with Crippen molar-refractivity contribution >= 4 is 29.8 Å². The molecule has 2 nitrogen and oxygen atoms in total. The molecule has 0 saturated heterocycles. The molecule has 0 aliphatic heterocycles. The van der Waals surface area contributed by atoms with Crippen LogP contribution in [-0.2, 0) is 0 Å². The summed E-state index contributed by atoms with van der Waals surface area (Å²) in [5, 5.41) is 0. The SMILES string of the molecule is COc1ccc(/C=C/c2ccc(C=O)s2)cc1. The fourth-order valence-electron chi connectivity index (χ4n) is 1.41. The van der Waals surface area contributed by atoms with Gasteiger partial charge in [-0.05, 0) is 35.9 Å². The van der Waals surface area contributed by atoms with E-state index in [-0.39, 0.29) is 0 Å². The summed E-state index contributed by atoms with van der Waals surface area (Å²) in [4.78, 5) is 12.4. The molecule has 0 fully saturated rings. The Morgan fingerprint density at radius 2 is 1.71 bits per heavy atom. The lowest BCUT2D eigenvalue weighted by atomic mass is 10.2. The third-order valence-electron chi connectivity index (χ3n) is 2.32. The van der Waals surface area contributed by atoms with Gasteiger partial charge in [-0.2, -0.15) is 0 Å². The van der Waals surface area contributed by atoms with E-state index in [1.54, 1.807) is 7.11 Å². The first-order valence-corrected chi connectivity index (χ1v) is 6.00. The lowest BCUT2D eigenvalue weighted by Gasteiger charge is -1.98. The van der Waals surface area contributed by atoms with Crippen LogP contribution in [0, 0.1) is 0 Å². The quantitative estimate of drug-likeness (QED) is 0.766. The van der Waals surface area contributed by atoms with Gasteiger partial charge in [-0.15, -0.1) is 11.3 Å². The molecule has 0 aliphatic carbocycles. The third kappa shape index (κ3) is 3.04. The molecule has 0 atom stereocenters. The number of ether oxygens (including phenoxy) is 1. The van der Waals surface area contributed by atoms with Crippen LogP contribution in [0.15, 0.2) is 36.4 Å². The molecule has 0 radical (unpaired) electrons. The van der Waals surface area contributed by atoms with Crippen LogP contribution in [-0.4, -0.2) is 13.4 Å². The highest BCUT2D eigenvalue weighted by Gasteiger charge is 1.95. The van der Waals surface area contributed by atoms with Crippen molar-refractivity contribution < 1.29 is 9.53 Å².